The summed E-state index contributed by atoms with van der Waals surface area (Å²) in [6.07, 6.45) is 3.01. The molecule has 0 saturated carbocycles. The Morgan fingerprint density at radius 3 is 2.44 bits per heavy atom. The number of carbonyl (C=O) groups is 2. The van der Waals surface area contributed by atoms with E-state index in [2.05, 4.69) is 15.9 Å². The van der Waals surface area contributed by atoms with Gasteiger partial charge in [-0.25, -0.2) is 0 Å². The summed E-state index contributed by atoms with van der Waals surface area (Å²) in [6.45, 7) is 6.11. The van der Waals surface area contributed by atoms with E-state index in [1.54, 1.807) is 4.90 Å². The number of anilines is 1. The average Bonchev–Trinajstić information content (AvgIpc) is 3.07. The van der Waals surface area contributed by atoms with Gasteiger partial charge in [0, 0.05) is 62.9 Å². The number of benzene rings is 1. The number of hydrogen-bond acceptors (Lipinski definition) is 6. The van der Waals surface area contributed by atoms with Crippen molar-refractivity contribution in [2.24, 2.45) is 11.1 Å². The van der Waals surface area contributed by atoms with Crippen LogP contribution in [0.2, 0.25) is 5.02 Å². The first kappa shape index (κ1) is 27.0. The van der Waals surface area contributed by atoms with Crippen molar-refractivity contribution in [3.05, 3.63) is 29.3 Å². The number of ether oxygens (including phenoxy) is 1. The molecule has 3 heterocycles. The number of rotatable bonds is 5. The lowest BCUT2D eigenvalue weighted by molar-refractivity contribution is -0.152. The Morgan fingerprint density at radius 2 is 1.81 bits per heavy atom. The lowest BCUT2D eigenvalue weighted by atomic mass is 9.75. The minimum absolute atomic E-state index is 0. The van der Waals surface area contributed by atoms with Gasteiger partial charge in [-0.2, -0.15) is 0 Å². The SMILES string of the molecule is Cl.Cl.NCC(=O)N1CCC2(CC1)C[C@H](CCN1CCN(c3cccc(Cl)c3)CC1)OC2=O. The van der Waals surface area contributed by atoms with E-state index in [9.17, 15) is 9.59 Å². The molecule has 4 rings (SSSR count). The molecule has 7 nitrogen and oxygen atoms in total. The number of hydrogen-bond donors (Lipinski definition) is 1. The molecular formula is C22H33Cl3N4O3. The summed E-state index contributed by atoms with van der Waals surface area (Å²) in [4.78, 5) is 31.0. The zero-order valence-corrected chi connectivity index (χ0v) is 20.6. The van der Waals surface area contributed by atoms with Crippen LogP contribution in [0, 0.1) is 5.41 Å². The largest absolute Gasteiger partial charge is 0.462 e. The van der Waals surface area contributed by atoms with Crippen molar-refractivity contribution in [2.45, 2.75) is 31.8 Å². The number of amides is 1. The second-order valence-electron chi connectivity index (χ2n) is 8.69. The van der Waals surface area contributed by atoms with E-state index < -0.39 is 5.41 Å². The second kappa shape index (κ2) is 11.7. The molecule has 3 fully saturated rings. The molecule has 3 aliphatic rings. The van der Waals surface area contributed by atoms with Gasteiger partial charge in [-0.15, -0.1) is 24.8 Å². The van der Waals surface area contributed by atoms with Crippen molar-refractivity contribution in [1.29, 1.82) is 0 Å². The highest BCUT2D eigenvalue weighted by atomic mass is 35.5. The van der Waals surface area contributed by atoms with Crippen LogP contribution in [0.25, 0.3) is 0 Å². The first-order valence-corrected chi connectivity index (χ1v) is 11.3. The van der Waals surface area contributed by atoms with Crippen LogP contribution in [0.5, 0.6) is 0 Å². The van der Waals surface area contributed by atoms with Gasteiger partial charge in [-0.1, -0.05) is 17.7 Å². The fourth-order valence-corrected chi connectivity index (χ4v) is 5.13. The Labute approximate surface area is 207 Å². The van der Waals surface area contributed by atoms with Gasteiger partial charge in [0.25, 0.3) is 0 Å². The summed E-state index contributed by atoms with van der Waals surface area (Å²) in [5, 5.41) is 0.769. The van der Waals surface area contributed by atoms with E-state index in [0.717, 1.165) is 50.6 Å². The summed E-state index contributed by atoms with van der Waals surface area (Å²) >= 11 is 6.12. The van der Waals surface area contributed by atoms with Gasteiger partial charge in [-0.3, -0.25) is 14.5 Å². The average molecular weight is 508 g/mol. The fraction of sp³-hybridized carbons (Fsp3) is 0.636. The van der Waals surface area contributed by atoms with Crippen molar-refractivity contribution in [3.8, 4) is 0 Å². The fourth-order valence-electron chi connectivity index (χ4n) is 4.95. The Balaban J connectivity index is 0.00000181. The van der Waals surface area contributed by atoms with E-state index in [1.165, 1.54) is 5.69 Å². The third kappa shape index (κ3) is 6.00. The number of carbonyl (C=O) groups excluding carboxylic acids is 2. The number of nitrogens with zero attached hydrogens (tertiary/aromatic N) is 3. The molecule has 0 aromatic heterocycles. The van der Waals surface area contributed by atoms with Crippen molar-refractivity contribution in [1.82, 2.24) is 9.80 Å². The first-order valence-electron chi connectivity index (χ1n) is 10.9. The zero-order chi connectivity index (χ0) is 21.1. The van der Waals surface area contributed by atoms with Crippen molar-refractivity contribution in [2.75, 3.05) is 57.3 Å². The Kier molecular flexibility index (Phi) is 9.91. The topological polar surface area (TPSA) is 79.1 Å². The number of nitrogens with two attached hydrogens (primary N) is 1. The molecule has 0 bridgehead atoms. The number of cyclic esters (lactones) is 1. The van der Waals surface area contributed by atoms with E-state index in [4.69, 9.17) is 22.1 Å². The van der Waals surface area contributed by atoms with Gasteiger partial charge < -0.3 is 20.3 Å². The number of halogens is 3. The molecule has 10 heteroatoms. The Bertz CT molecular complexity index is 781. The number of piperazine rings is 1. The van der Waals surface area contributed by atoms with Gasteiger partial charge in [0.1, 0.15) is 6.10 Å². The quantitative estimate of drug-likeness (QED) is 0.617. The summed E-state index contributed by atoms with van der Waals surface area (Å²) in [7, 11) is 0. The molecule has 3 saturated heterocycles. The van der Waals surface area contributed by atoms with Gasteiger partial charge in [0.2, 0.25) is 5.91 Å². The normalized spacial score (nSPS) is 22.8. The lowest BCUT2D eigenvalue weighted by Gasteiger charge is -2.37. The molecule has 0 radical (unpaired) electrons. The molecule has 1 atom stereocenters. The van der Waals surface area contributed by atoms with Crippen LogP contribution in [0.4, 0.5) is 5.69 Å². The first-order chi connectivity index (χ1) is 14.5. The maximum absolute atomic E-state index is 12.6. The minimum Gasteiger partial charge on any atom is -0.462 e. The molecule has 1 aromatic carbocycles. The molecule has 2 N–H and O–H groups in total. The van der Waals surface area contributed by atoms with E-state index in [0.29, 0.717) is 25.9 Å². The Morgan fingerprint density at radius 1 is 1.12 bits per heavy atom. The summed E-state index contributed by atoms with van der Waals surface area (Å²) < 4.78 is 5.75. The molecule has 1 amide bonds. The Hall–Kier alpha value is -1.25. The monoisotopic (exact) mass is 506 g/mol. The highest BCUT2D eigenvalue weighted by Crippen LogP contribution is 2.43. The van der Waals surface area contributed by atoms with Crippen molar-refractivity contribution >= 4 is 54.0 Å². The van der Waals surface area contributed by atoms with Crippen LogP contribution in [0.15, 0.2) is 24.3 Å². The second-order valence-corrected chi connectivity index (χ2v) is 9.13. The van der Waals surface area contributed by atoms with E-state index >= 15 is 0 Å². The third-order valence-corrected chi connectivity index (χ3v) is 7.12. The maximum atomic E-state index is 12.6. The van der Waals surface area contributed by atoms with Gasteiger partial charge in [-0.05, 0) is 37.5 Å². The molecule has 1 aromatic rings. The van der Waals surface area contributed by atoms with Gasteiger partial charge in [0.05, 0.1) is 12.0 Å². The van der Waals surface area contributed by atoms with Crippen molar-refractivity contribution in [3.63, 3.8) is 0 Å². The van der Waals surface area contributed by atoms with Crippen LogP contribution in [-0.4, -0.2) is 80.1 Å². The zero-order valence-electron chi connectivity index (χ0n) is 18.2. The van der Waals surface area contributed by atoms with Crippen LogP contribution in [-0.2, 0) is 14.3 Å². The van der Waals surface area contributed by atoms with Gasteiger partial charge in [0.15, 0.2) is 0 Å². The highest BCUT2D eigenvalue weighted by molar-refractivity contribution is 6.30. The summed E-state index contributed by atoms with van der Waals surface area (Å²) in [5.41, 5.74) is 6.23. The molecule has 32 heavy (non-hydrogen) atoms. The summed E-state index contributed by atoms with van der Waals surface area (Å²) in [6, 6.07) is 8.01. The predicted octanol–water partition coefficient (Wildman–Crippen LogP) is 2.58. The minimum atomic E-state index is -0.401. The van der Waals surface area contributed by atoms with Crippen LogP contribution in [0.3, 0.4) is 0 Å². The van der Waals surface area contributed by atoms with Crippen LogP contribution in [0.1, 0.15) is 25.7 Å². The van der Waals surface area contributed by atoms with Crippen molar-refractivity contribution < 1.29 is 14.3 Å². The molecule has 0 unspecified atom stereocenters. The van der Waals surface area contributed by atoms with Crippen LogP contribution >= 0.6 is 36.4 Å². The number of esters is 1. The standard InChI is InChI=1S/C22H31ClN4O3.2ClH/c23-17-2-1-3-18(14-17)26-12-10-25(11-13-26)7-4-19-15-22(21(29)30-19)5-8-27(9-6-22)20(28)16-24;;/h1-3,14,19H,4-13,15-16,24H2;2*1H/t19-;;/m0../s1. The maximum Gasteiger partial charge on any atom is 0.312 e. The lowest BCUT2D eigenvalue weighted by Crippen LogP contribution is -2.47. The summed E-state index contributed by atoms with van der Waals surface area (Å²) in [5.74, 6) is -0.109. The van der Waals surface area contributed by atoms with E-state index in [-0.39, 0.29) is 49.3 Å². The predicted molar refractivity (Wildman–Crippen MR) is 131 cm³/mol. The molecular weight excluding hydrogens is 475 g/mol. The van der Waals surface area contributed by atoms with Crippen LogP contribution < -0.4 is 10.6 Å². The molecule has 1 spiro atoms. The molecule has 180 valence electrons. The van der Waals surface area contributed by atoms with E-state index in [1.807, 2.05) is 18.2 Å². The number of piperidine rings is 1. The highest BCUT2D eigenvalue weighted by Gasteiger charge is 2.50. The third-order valence-electron chi connectivity index (χ3n) is 6.89. The molecule has 3 aliphatic heterocycles. The smallest absolute Gasteiger partial charge is 0.312 e. The van der Waals surface area contributed by atoms with Gasteiger partial charge >= 0.3 is 5.97 Å². The molecule has 0 aliphatic carbocycles. The number of likely N-dealkylation sites (tertiary alicyclic amines) is 1.